The van der Waals surface area contributed by atoms with E-state index in [0.29, 0.717) is 18.9 Å². The summed E-state index contributed by atoms with van der Waals surface area (Å²) in [5, 5.41) is 5.46. The van der Waals surface area contributed by atoms with Crippen molar-refractivity contribution in [3.8, 4) is 0 Å². The minimum absolute atomic E-state index is 0.184. The van der Waals surface area contributed by atoms with Gasteiger partial charge in [-0.15, -0.1) is 0 Å². The lowest BCUT2D eigenvalue weighted by atomic mass is 10.1. The summed E-state index contributed by atoms with van der Waals surface area (Å²) in [6.07, 6.45) is 2.17. The van der Waals surface area contributed by atoms with E-state index in [1.807, 2.05) is 36.0 Å². The lowest BCUT2D eigenvalue weighted by molar-refractivity contribution is -0.142. The third kappa shape index (κ3) is 3.34. The number of rotatable bonds is 5. The van der Waals surface area contributed by atoms with Crippen molar-refractivity contribution >= 4 is 16.9 Å². The summed E-state index contributed by atoms with van der Waals surface area (Å²) in [6.45, 7) is 7.48. The van der Waals surface area contributed by atoms with Gasteiger partial charge >= 0.3 is 5.97 Å². The molecule has 0 saturated heterocycles. The number of hydrogen-bond acceptors (Lipinski definition) is 3. The van der Waals surface area contributed by atoms with Gasteiger partial charge in [0.1, 0.15) is 0 Å². The molecule has 0 radical (unpaired) electrons. The molecule has 19 heavy (non-hydrogen) atoms. The normalized spacial score (nSPS) is 11.2. The highest BCUT2D eigenvalue weighted by Gasteiger charge is 2.08. The molecule has 2 rings (SSSR count). The first-order chi connectivity index (χ1) is 9.10. The fourth-order valence-corrected chi connectivity index (χ4v) is 2.12. The van der Waals surface area contributed by atoms with Crippen LogP contribution >= 0.6 is 0 Å². The first-order valence-corrected chi connectivity index (χ1v) is 6.70. The largest absolute Gasteiger partial charge is 0.466 e. The van der Waals surface area contributed by atoms with Crippen LogP contribution in [0.25, 0.3) is 10.9 Å². The van der Waals surface area contributed by atoms with E-state index in [1.54, 1.807) is 0 Å². The first kappa shape index (κ1) is 13.6. The molecular weight excluding hydrogens is 240 g/mol. The van der Waals surface area contributed by atoms with E-state index in [1.165, 1.54) is 0 Å². The number of hydrogen-bond donors (Lipinski definition) is 0. The molecule has 0 bridgehead atoms. The average Bonchev–Trinajstić information content (AvgIpc) is 2.71. The highest BCUT2D eigenvalue weighted by Crippen LogP contribution is 2.17. The van der Waals surface area contributed by atoms with Crippen LogP contribution in [-0.2, 0) is 22.5 Å². The van der Waals surface area contributed by atoms with E-state index >= 15 is 0 Å². The van der Waals surface area contributed by atoms with E-state index < -0.39 is 0 Å². The highest BCUT2D eigenvalue weighted by atomic mass is 16.5. The van der Waals surface area contributed by atoms with Crippen LogP contribution in [0.1, 0.15) is 26.3 Å². The van der Waals surface area contributed by atoms with Gasteiger partial charge in [-0.1, -0.05) is 19.9 Å². The Morgan fingerprint density at radius 2 is 2.21 bits per heavy atom. The van der Waals surface area contributed by atoms with Crippen LogP contribution in [0, 0.1) is 5.92 Å². The standard InChI is InChI=1S/C15H20N2O2/c1-4-19-15(18)8-12-5-6-14-13(7-12)9-16-17(14)10-11(2)3/h5-7,9,11H,4,8,10H2,1-3H3. The maximum absolute atomic E-state index is 11.5. The van der Waals surface area contributed by atoms with Crippen LogP contribution in [0.2, 0.25) is 0 Å². The second-order valence-corrected chi connectivity index (χ2v) is 5.10. The Morgan fingerprint density at radius 1 is 1.42 bits per heavy atom. The number of nitrogens with zero attached hydrogens (tertiary/aromatic N) is 2. The summed E-state index contributed by atoms with van der Waals surface area (Å²) >= 11 is 0. The van der Waals surface area contributed by atoms with Crippen molar-refractivity contribution in [3.63, 3.8) is 0 Å². The molecule has 4 heteroatoms. The van der Waals surface area contributed by atoms with E-state index in [0.717, 1.165) is 23.0 Å². The third-order valence-corrected chi connectivity index (χ3v) is 2.90. The molecule has 1 aromatic carbocycles. The second-order valence-electron chi connectivity index (χ2n) is 5.10. The van der Waals surface area contributed by atoms with Crippen molar-refractivity contribution in [2.75, 3.05) is 6.61 Å². The molecule has 0 atom stereocenters. The molecular formula is C15H20N2O2. The maximum Gasteiger partial charge on any atom is 0.310 e. The van der Waals surface area contributed by atoms with E-state index in [-0.39, 0.29) is 5.97 Å². The molecule has 4 nitrogen and oxygen atoms in total. The van der Waals surface area contributed by atoms with Gasteiger partial charge < -0.3 is 4.74 Å². The van der Waals surface area contributed by atoms with Crippen molar-refractivity contribution in [2.24, 2.45) is 5.92 Å². The maximum atomic E-state index is 11.5. The van der Waals surface area contributed by atoms with E-state index in [2.05, 4.69) is 18.9 Å². The lowest BCUT2D eigenvalue weighted by Gasteiger charge is -2.07. The zero-order chi connectivity index (χ0) is 13.8. The topological polar surface area (TPSA) is 44.1 Å². The molecule has 0 aliphatic carbocycles. The summed E-state index contributed by atoms with van der Waals surface area (Å²) in [6, 6.07) is 6.01. The number of esters is 1. The van der Waals surface area contributed by atoms with Gasteiger partial charge in [0, 0.05) is 11.9 Å². The van der Waals surface area contributed by atoms with Gasteiger partial charge in [0.05, 0.1) is 24.7 Å². The van der Waals surface area contributed by atoms with Crippen molar-refractivity contribution in [1.82, 2.24) is 9.78 Å². The Bertz CT molecular complexity index is 573. The molecule has 2 aromatic rings. The molecule has 1 heterocycles. The molecule has 0 N–H and O–H groups in total. The molecule has 0 aliphatic rings. The minimum Gasteiger partial charge on any atom is -0.466 e. The molecule has 1 aromatic heterocycles. The fourth-order valence-electron chi connectivity index (χ4n) is 2.12. The van der Waals surface area contributed by atoms with Crippen molar-refractivity contribution in [1.29, 1.82) is 0 Å². The van der Waals surface area contributed by atoms with Crippen LogP contribution < -0.4 is 0 Å². The predicted octanol–water partition coefficient (Wildman–Crippen LogP) is 2.80. The van der Waals surface area contributed by atoms with E-state index in [9.17, 15) is 4.79 Å². The van der Waals surface area contributed by atoms with Crippen LogP contribution in [0.3, 0.4) is 0 Å². The zero-order valence-electron chi connectivity index (χ0n) is 11.7. The zero-order valence-corrected chi connectivity index (χ0v) is 11.7. The van der Waals surface area contributed by atoms with Gasteiger partial charge in [-0.05, 0) is 30.5 Å². The lowest BCUT2D eigenvalue weighted by Crippen LogP contribution is -2.07. The summed E-state index contributed by atoms with van der Waals surface area (Å²) in [7, 11) is 0. The highest BCUT2D eigenvalue weighted by molar-refractivity contribution is 5.81. The third-order valence-electron chi connectivity index (χ3n) is 2.90. The average molecular weight is 260 g/mol. The molecule has 0 fully saturated rings. The summed E-state index contributed by atoms with van der Waals surface area (Å²) in [5.74, 6) is 0.374. The van der Waals surface area contributed by atoms with Crippen LogP contribution in [0.5, 0.6) is 0 Å². The fraction of sp³-hybridized carbons (Fsp3) is 0.467. The van der Waals surface area contributed by atoms with Crippen molar-refractivity contribution in [3.05, 3.63) is 30.0 Å². The molecule has 102 valence electrons. The predicted molar refractivity (Wildman–Crippen MR) is 74.9 cm³/mol. The number of aromatic nitrogens is 2. The van der Waals surface area contributed by atoms with Crippen LogP contribution in [0.15, 0.2) is 24.4 Å². The van der Waals surface area contributed by atoms with Gasteiger partial charge in [0.15, 0.2) is 0 Å². The number of benzene rings is 1. The number of carbonyl (C=O) groups is 1. The Labute approximate surface area is 113 Å². The Balaban J connectivity index is 2.20. The van der Waals surface area contributed by atoms with Gasteiger partial charge in [-0.3, -0.25) is 9.48 Å². The smallest absolute Gasteiger partial charge is 0.310 e. The van der Waals surface area contributed by atoms with E-state index in [4.69, 9.17) is 4.74 Å². The quantitative estimate of drug-likeness (QED) is 0.776. The van der Waals surface area contributed by atoms with Crippen LogP contribution in [-0.4, -0.2) is 22.4 Å². The Morgan fingerprint density at radius 3 is 2.89 bits per heavy atom. The van der Waals surface area contributed by atoms with Crippen molar-refractivity contribution < 1.29 is 9.53 Å². The summed E-state index contributed by atoms with van der Waals surface area (Å²) < 4.78 is 6.96. The van der Waals surface area contributed by atoms with Gasteiger partial charge in [0.2, 0.25) is 0 Å². The Kier molecular flexibility index (Phi) is 4.20. The molecule has 0 amide bonds. The summed E-state index contributed by atoms with van der Waals surface area (Å²) in [4.78, 5) is 11.5. The number of ether oxygens (including phenoxy) is 1. The van der Waals surface area contributed by atoms with Gasteiger partial charge in [-0.25, -0.2) is 0 Å². The minimum atomic E-state index is -0.184. The van der Waals surface area contributed by atoms with Gasteiger partial charge in [-0.2, -0.15) is 5.10 Å². The molecule has 0 spiro atoms. The SMILES string of the molecule is CCOC(=O)Cc1ccc2c(cnn2CC(C)C)c1. The van der Waals surface area contributed by atoms with Crippen molar-refractivity contribution in [2.45, 2.75) is 33.7 Å². The van der Waals surface area contributed by atoms with Crippen LogP contribution in [0.4, 0.5) is 0 Å². The molecule has 0 unspecified atom stereocenters. The second kappa shape index (κ2) is 5.87. The molecule has 0 aliphatic heterocycles. The Hall–Kier alpha value is -1.84. The van der Waals surface area contributed by atoms with Gasteiger partial charge in [0.25, 0.3) is 0 Å². The molecule has 0 saturated carbocycles. The summed E-state index contributed by atoms with van der Waals surface area (Å²) in [5.41, 5.74) is 2.08. The first-order valence-electron chi connectivity index (χ1n) is 6.70. The number of carbonyl (C=O) groups excluding carboxylic acids is 1. The number of fused-ring (bicyclic) bond motifs is 1. The monoisotopic (exact) mass is 260 g/mol.